The lowest BCUT2D eigenvalue weighted by Gasteiger charge is -2.08. The molecule has 5 nitrogen and oxygen atoms in total. The number of pyridine rings is 1. The zero-order valence-corrected chi connectivity index (χ0v) is 9.46. The van der Waals surface area contributed by atoms with Crippen LogP contribution in [0.1, 0.15) is 5.56 Å². The minimum absolute atomic E-state index is 0.0398. The Labute approximate surface area is 102 Å². The lowest BCUT2D eigenvalue weighted by atomic mass is 10.2. The van der Waals surface area contributed by atoms with Gasteiger partial charge in [0.05, 0.1) is 10.5 Å². The quantitative estimate of drug-likeness (QED) is 0.475. The van der Waals surface area contributed by atoms with Gasteiger partial charge in [0.25, 0.3) is 5.69 Å². The first kappa shape index (κ1) is 12.0. The third-order valence-corrected chi connectivity index (χ3v) is 2.38. The lowest BCUT2D eigenvalue weighted by molar-refractivity contribution is -0.385. The third kappa shape index (κ3) is 2.42. The molecule has 0 aliphatic rings. The van der Waals surface area contributed by atoms with Crippen LogP contribution in [0.25, 0.3) is 0 Å². The molecule has 0 saturated carbocycles. The van der Waals surface area contributed by atoms with Crippen molar-refractivity contribution in [3.63, 3.8) is 0 Å². The average Bonchev–Trinajstić information content (AvgIpc) is 2.31. The van der Waals surface area contributed by atoms with Gasteiger partial charge >= 0.3 is 0 Å². The summed E-state index contributed by atoms with van der Waals surface area (Å²) in [4.78, 5) is 13.7. The third-order valence-electron chi connectivity index (χ3n) is 2.38. The molecule has 6 heteroatoms. The van der Waals surface area contributed by atoms with E-state index in [0.29, 0.717) is 11.3 Å². The molecule has 1 aromatic carbocycles. The summed E-state index contributed by atoms with van der Waals surface area (Å²) in [5, 5.41) is 10.8. The van der Waals surface area contributed by atoms with Gasteiger partial charge in [0.1, 0.15) is 11.5 Å². The highest BCUT2D eigenvalue weighted by atomic mass is 19.1. The molecule has 18 heavy (non-hydrogen) atoms. The Balaban J connectivity index is 2.35. The number of nitrogens with zero attached hydrogens (tertiary/aromatic N) is 2. The van der Waals surface area contributed by atoms with Crippen molar-refractivity contribution in [2.24, 2.45) is 0 Å². The van der Waals surface area contributed by atoms with E-state index in [0.717, 1.165) is 6.07 Å². The molecule has 0 aliphatic carbocycles. The molecule has 0 spiro atoms. The maximum Gasteiger partial charge on any atom is 0.276 e. The molecule has 1 heterocycles. The van der Waals surface area contributed by atoms with E-state index in [4.69, 9.17) is 4.74 Å². The Morgan fingerprint density at radius 3 is 2.83 bits per heavy atom. The molecule has 0 fully saturated rings. The van der Waals surface area contributed by atoms with Crippen molar-refractivity contribution in [3.05, 3.63) is 58.2 Å². The van der Waals surface area contributed by atoms with Gasteiger partial charge in [-0.1, -0.05) is 6.07 Å². The lowest BCUT2D eigenvalue weighted by Crippen LogP contribution is -1.95. The van der Waals surface area contributed by atoms with E-state index >= 15 is 0 Å². The molecule has 0 N–H and O–H groups in total. The van der Waals surface area contributed by atoms with Crippen LogP contribution < -0.4 is 4.74 Å². The van der Waals surface area contributed by atoms with Crippen molar-refractivity contribution in [2.75, 3.05) is 0 Å². The first-order valence-electron chi connectivity index (χ1n) is 5.11. The normalized spacial score (nSPS) is 10.1. The van der Waals surface area contributed by atoms with Crippen LogP contribution in [0.5, 0.6) is 11.5 Å². The highest BCUT2D eigenvalue weighted by Crippen LogP contribution is 2.30. The summed E-state index contributed by atoms with van der Waals surface area (Å²) in [7, 11) is 0. The highest BCUT2D eigenvalue weighted by molar-refractivity contribution is 5.49. The van der Waals surface area contributed by atoms with Crippen LogP contribution in [-0.4, -0.2) is 9.91 Å². The van der Waals surface area contributed by atoms with Gasteiger partial charge in [-0.15, -0.1) is 0 Å². The second-order valence-electron chi connectivity index (χ2n) is 3.57. The number of hydrogen-bond acceptors (Lipinski definition) is 4. The SMILES string of the molecule is Cc1c(Oc2ccnc(F)c2)cccc1[N+](=O)[O-]. The van der Waals surface area contributed by atoms with E-state index in [1.165, 1.54) is 24.4 Å². The van der Waals surface area contributed by atoms with Crippen molar-refractivity contribution in [1.82, 2.24) is 4.98 Å². The Morgan fingerprint density at radius 2 is 2.17 bits per heavy atom. The molecule has 1 aromatic heterocycles. The minimum Gasteiger partial charge on any atom is -0.457 e. The van der Waals surface area contributed by atoms with Crippen molar-refractivity contribution in [2.45, 2.75) is 6.92 Å². The minimum atomic E-state index is -0.671. The molecule has 0 aliphatic heterocycles. The topological polar surface area (TPSA) is 65.3 Å². The maximum atomic E-state index is 12.9. The van der Waals surface area contributed by atoms with Gasteiger partial charge in [-0.3, -0.25) is 10.1 Å². The van der Waals surface area contributed by atoms with Gasteiger partial charge in [-0.05, 0) is 19.1 Å². The fourth-order valence-corrected chi connectivity index (χ4v) is 1.49. The summed E-state index contributed by atoms with van der Waals surface area (Å²) >= 11 is 0. The van der Waals surface area contributed by atoms with Gasteiger partial charge in [0.15, 0.2) is 0 Å². The number of nitro groups is 1. The fraction of sp³-hybridized carbons (Fsp3) is 0.0833. The van der Waals surface area contributed by atoms with E-state index in [9.17, 15) is 14.5 Å². The number of nitro benzene ring substituents is 1. The van der Waals surface area contributed by atoms with Gasteiger partial charge in [-0.2, -0.15) is 4.39 Å². The zero-order chi connectivity index (χ0) is 13.1. The number of rotatable bonds is 3. The molecule has 2 rings (SSSR count). The van der Waals surface area contributed by atoms with Crippen molar-refractivity contribution < 1.29 is 14.1 Å². The second kappa shape index (κ2) is 4.79. The first-order chi connectivity index (χ1) is 8.58. The predicted molar refractivity (Wildman–Crippen MR) is 62.1 cm³/mol. The number of benzene rings is 1. The van der Waals surface area contributed by atoms with Crippen molar-refractivity contribution >= 4 is 5.69 Å². The molecule has 0 unspecified atom stereocenters. The summed E-state index contributed by atoms with van der Waals surface area (Å²) in [6.45, 7) is 1.57. The summed E-state index contributed by atoms with van der Waals surface area (Å²) in [6.07, 6.45) is 1.26. The number of aromatic nitrogens is 1. The van der Waals surface area contributed by atoms with E-state index in [1.54, 1.807) is 13.0 Å². The summed E-state index contributed by atoms with van der Waals surface area (Å²) < 4.78 is 18.3. The molecule has 0 radical (unpaired) electrons. The van der Waals surface area contributed by atoms with Crippen LogP contribution in [0.3, 0.4) is 0 Å². The van der Waals surface area contributed by atoms with Crippen LogP contribution in [-0.2, 0) is 0 Å². The van der Waals surface area contributed by atoms with E-state index in [2.05, 4.69) is 4.98 Å². The van der Waals surface area contributed by atoms with Gasteiger partial charge in [0, 0.05) is 18.3 Å². The molecule has 0 bridgehead atoms. The highest BCUT2D eigenvalue weighted by Gasteiger charge is 2.14. The average molecular weight is 248 g/mol. The first-order valence-corrected chi connectivity index (χ1v) is 5.11. The zero-order valence-electron chi connectivity index (χ0n) is 9.46. The standard InChI is InChI=1S/C12H9FN2O3/c1-8-10(15(16)17)3-2-4-11(8)18-9-5-6-14-12(13)7-9/h2-7H,1H3. The Bertz CT molecular complexity index is 602. The Morgan fingerprint density at radius 1 is 1.39 bits per heavy atom. The maximum absolute atomic E-state index is 12.9. The Hall–Kier alpha value is -2.50. The van der Waals surface area contributed by atoms with Crippen LogP contribution in [0.2, 0.25) is 0 Å². The van der Waals surface area contributed by atoms with Gasteiger partial charge in [-0.25, -0.2) is 4.98 Å². The molecule has 0 amide bonds. The number of halogens is 1. The van der Waals surface area contributed by atoms with E-state index in [1.807, 2.05) is 0 Å². The van der Waals surface area contributed by atoms with Crippen molar-refractivity contribution in [1.29, 1.82) is 0 Å². The van der Waals surface area contributed by atoms with E-state index < -0.39 is 10.9 Å². The van der Waals surface area contributed by atoms with Crippen molar-refractivity contribution in [3.8, 4) is 11.5 Å². The molecule has 0 atom stereocenters. The summed E-state index contributed by atoms with van der Waals surface area (Å²) in [5.74, 6) is -0.114. The summed E-state index contributed by atoms with van der Waals surface area (Å²) in [5.41, 5.74) is 0.349. The monoisotopic (exact) mass is 248 g/mol. The predicted octanol–water partition coefficient (Wildman–Crippen LogP) is 3.23. The van der Waals surface area contributed by atoms with Gasteiger partial charge < -0.3 is 4.74 Å². The van der Waals surface area contributed by atoms with Crippen LogP contribution in [0, 0.1) is 23.0 Å². The molecular weight excluding hydrogens is 239 g/mol. The molecular formula is C12H9FN2O3. The fourth-order valence-electron chi connectivity index (χ4n) is 1.49. The summed E-state index contributed by atoms with van der Waals surface area (Å²) in [6, 6.07) is 7.06. The van der Waals surface area contributed by atoms with Crippen LogP contribution in [0.4, 0.5) is 10.1 Å². The number of ether oxygens (including phenoxy) is 1. The van der Waals surface area contributed by atoms with E-state index in [-0.39, 0.29) is 11.4 Å². The van der Waals surface area contributed by atoms with Gasteiger partial charge in [0.2, 0.25) is 5.95 Å². The van der Waals surface area contributed by atoms with Crippen LogP contribution >= 0.6 is 0 Å². The largest absolute Gasteiger partial charge is 0.457 e. The Kier molecular flexibility index (Phi) is 3.18. The molecule has 0 saturated heterocycles. The second-order valence-corrected chi connectivity index (χ2v) is 3.57. The molecule has 2 aromatic rings. The van der Waals surface area contributed by atoms with Crippen LogP contribution in [0.15, 0.2) is 36.5 Å². The smallest absolute Gasteiger partial charge is 0.276 e. The molecule has 92 valence electrons. The number of hydrogen-bond donors (Lipinski definition) is 0.